The molecule has 0 radical (unpaired) electrons. The Balaban J connectivity index is 2.26. The summed E-state index contributed by atoms with van der Waals surface area (Å²) in [7, 11) is 0. The van der Waals surface area contributed by atoms with Crippen molar-refractivity contribution in [1.82, 2.24) is 0 Å². The molecular formula is C19H15F3O3S. The topological polar surface area (TPSA) is 49.4 Å². The van der Waals surface area contributed by atoms with E-state index in [1.165, 1.54) is 38.3 Å². The van der Waals surface area contributed by atoms with E-state index in [1.807, 2.05) is 0 Å². The first-order chi connectivity index (χ1) is 12.1. The van der Waals surface area contributed by atoms with Crippen LogP contribution >= 0.6 is 0 Å². The molecule has 26 heavy (non-hydrogen) atoms. The van der Waals surface area contributed by atoms with Crippen molar-refractivity contribution in [2.24, 2.45) is 0 Å². The summed E-state index contributed by atoms with van der Waals surface area (Å²) in [6, 6.07) is 6.99. The molecule has 0 saturated heterocycles. The number of halogens is 3. The lowest BCUT2D eigenvalue weighted by Gasteiger charge is -2.18. The Labute approximate surface area is 151 Å². The number of hydrogen-bond acceptors (Lipinski definition) is 3. The molecule has 0 N–H and O–H groups in total. The van der Waals surface area contributed by atoms with Crippen LogP contribution in [0.1, 0.15) is 25.0 Å². The van der Waals surface area contributed by atoms with E-state index >= 15 is 0 Å². The van der Waals surface area contributed by atoms with Gasteiger partial charge in [0.1, 0.15) is 23.6 Å². The van der Waals surface area contributed by atoms with E-state index in [0.717, 1.165) is 18.2 Å². The maximum absolute atomic E-state index is 14.3. The van der Waals surface area contributed by atoms with Crippen LogP contribution in [0.15, 0.2) is 41.3 Å². The van der Waals surface area contributed by atoms with Gasteiger partial charge >= 0.3 is 0 Å². The Kier molecular flexibility index (Phi) is 4.62. The number of Topliss-reactive ketones (excluding diaryl/α,β-unsaturated/α-hetero) is 1. The molecule has 1 aliphatic rings. The zero-order chi connectivity index (χ0) is 19.2. The molecule has 1 atom stereocenters. The molecule has 0 aliphatic carbocycles. The van der Waals surface area contributed by atoms with Crippen LogP contribution < -0.4 is 0 Å². The number of hydrogen-bond donors (Lipinski definition) is 0. The lowest BCUT2D eigenvalue weighted by Crippen LogP contribution is -2.29. The van der Waals surface area contributed by atoms with E-state index < -0.39 is 45.6 Å². The lowest BCUT2D eigenvalue weighted by molar-refractivity contribution is -0.125. The molecule has 0 bridgehead atoms. The fourth-order valence-corrected chi connectivity index (χ4v) is 3.39. The normalized spacial score (nSPS) is 17.4. The summed E-state index contributed by atoms with van der Waals surface area (Å²) in [5, 5.41) is 0. The largest absolute Gasteiger partial charge is 0.612 e. The van der Waals surface area contributed by atoms with E-state index in [1.54, 1.807) is 0 Å². The minimum absolute atomic E-state index is 0.0171. The number of carbonyl (C=O) groups excluding carboxylic acids is 1. The first-order valence-corrected chi connectivity index (χ1v) is 9.25. The molecule has 0 fully saturated rings. The Morgan fingerprint density at radius 2 is 1.65 bits per heavy atom. The van der Waals surface area contributed by atoms with Gasteiger partial charge in [-0.15, -0.1) is 0 Å². The molecule has 3 nitrogen and oxygen atoms in total. The minimum atomic E-state index is -1.54. The van der Waals surface area contributed by atoms with Crippen LogP contribution in [0.3, 0.4) is 0 Å². The van der Waals surface area contributed by atoms with Crippen molar-refractivity contribution in [3.05, 3.63) is 65.0 Å². The quantitative estimate of drug-likeness (QED) is 0.754. The standard InChI is InChI=1S/C19H15F3O3S/c1-19(2)18(23)16(15-11(20)5-4-6-12(15)21)17(25-19)10-7-8-14(26(3)24)13(22)9-10/h4-9H,1-3H3. The zero-order valence-electron chi connectivity index (χ0n) is 14.2. The van der Waals surface area contributed by atoms with Gasteiger partial charge in [0.05, 0.1) is 11.1 Å². The van der Waals surface area contributed by atoms with Gasteiger partial charge in [0.25, 0.3) is 0 Å². The van der Waals surface area contributed by atoms with E-state index in [9.17, 15) is 22.5 Å². The van der Waals surface area contributed by atoms with Gasteiger partial charge in [-0.1, -0.05) is 6.07 Å². The molecule has 2 aromatic carbocycles. The van der Waals surface area contributed by atoms with Gasteiger partial charge in [-0.2, -0.15) is 0 Å². The van der Waals surface area contributed by atoms with Gasteiger partial charge in [-0.05, 0) is 55.4 Å². The molecule has 7 heteroatoms. The van der Waals surface area contributed by atoms with Crippen LogP contribution in [0.25, 0.3) is 11.3 Å². The summed E-state index contributed by atoms with van der Waals surface area (Å²) < 4.78 is 59.9. The molecule has 0 saturated carbocycles. The smallest absolute Gasteiger partial charge is 0.210 e. The van der Waals surface area contributed by atoms with Crippen LogP contribution in [0.5, 0.6) is 0 Å². The molecule has 1 heterocycles. The average Bonchev–Trinajstić information content (AvgIpc) is 2.78. The highest BCUT2D eigenvalue weighted by Crippen LogP contribution is 2.43. The Morgan fingerprint density at radius 3 is 2.19 bits per heavy atom. The highest BCUT2D eigenvalue weighted by atomic mass is 32.2. The molecule has 0 spiro atoms. The molecule has 0 aromatic heterocycles. The van der Waals surface area contributed by atoms with Gasteiger partial charge in [0.2, 0.25) is 5.78 Å². The van der Waals surface area contributed by atoms with Crippen molar-refractivity contribution in [3.63, 3.8) is 0 Å². The first kappa shape index (κ1) is 18.5. The van der Waals surface area contributed by atoms with Crippen LogP contribution in [0.4, 0.5) is 13.2 Å². The molecule has 136 valence electrons. The predicted octanol–water partition coefficient (Wildman–Crippen LogP) is 4.09. The van der Waals surface area contributed by atoms with E-state index in [0.29, 0.717) is 0 Å². The number of carbonyl (C=O) groups is 1. The van der Waals surface area contributed by atoms with Gasteiger partial charge in [0.15, 0.2) is 16.3 Å². The van der Waals surface area contributed by atoms with Crippen molar-refractivity contribution < 1.29 is 27.3 Å². The summed E-state index contributed by atoms with van der Waals surface area (Å²) in [4.78, 5) is 12.7. The molecular weight excluding hydrogens is 365 g/mol. The maximum atomic E-state index is 14.3. The average molecular weight is 380 g/mol. The summed E-state index contributed by atoms with van der Waals surface area (Å²) in [5.74, 6) is -3.32. The molecule has 1 unspecified atom stereocenters. The first-order valence-electron chi connectivity index (χ1n) is 7.69. The fraction of sp³-hybridized carbons (Fsp3) is 0.211. The number of benzene rings is 2. The third-order valence-electron chi connectivity index (χ3n) is 4.07. The van der Waals surface area contributed by atoms with Crippen LogP contribution in [-0.2, 0) is 20.7 Å². The molecule has 3 rings (SSSR count). The molecule has 0 amide bonds. The summed E-state index contributed by atoms with van der Waals surface area (Å²) in [6.07, 6.45) is 1.33. The van der Waals surface area contributed by atoms with Gasteiger partial charge in [0, 0.05) is 5.56 Å². The van der Waals surface area contributed by atoms with E-state index in [2.05, 4.69) is 0 Å². The highest BCUT2D eigenvalue weighted by molar-refractivity contribution is 7.90. The number of rotatable bonds is 3. The van der Waals surface area contributed by atoms with Gasteiger partial charge in [-0.3, -0.25) is 4.79 Å². The van der Waals surface area contributed by atoms with Crippen molar-refractivity contribution >= 4 is 28.3 Å². The van der Waals surface area contributed by atoms with Crippen molar-refractivity contribution in [2.45, 2.75) is 24.3 Å². The Morgan fingerprint density at radius 1 is 1.04 bits per heavy atom. The Bertz CT molecular complexity index is 915. The monoisotopic (exact) mass is 380 g/mol. The number of ether oxygens (including phenoxy) is 1. The fourth-order valence-electron chi connectivity index (χ4n) is 2.80. The van der Waals surface area contributed by atoms with Gasteiger partial charge < -0.3 is 9.29 Å². The van der Waals surface area contributed by atoms with E-state index in [4.69, 9.17) is 4.74 Å². The lowest BCUT2D eigenvalue weighted by atomic mass is 9.92. The highest BCUT2D eigenvalue weighted by Gasteiger charge is 2.44. The molecule has 1 aliphatic heterocycles. The second kappa shape index (κ2) is 6.48. The second-order valence-corrected chi connectivity index (χ2v) is 7.69. The summed E-state index contributed by atoms with van der Waals surface area (Å²) in [6.45, 7) is 2.93. The Hall–Kier alpha value is -2.25. The van der Waals surface area contributed by atoms with Crippen molar-refractivity contribution in [3.8, 4) is 0 Å². The van der Waals surface area contributed by atoms with Crippen molar-refractivity contribution in [2.75, 3.05) is 6.26 Å². The molecule has 2 aromatic rings. The number of ketones is 1. The SMILES string of the molecule is C[S+]([O-])c1ccc(C2=C(c3c(F)cccc3F)C(=O)C(C)(C)O2)cc1F. The minimum Gasteiger partial charge on any atom is -0.612 e. The predicted molar refractivity (Wildman–Crippen MR) is 92.1 cm³/mol. The zero-order valence-corrected chi connectivity index (χ0v) is 15.0. The third-order valence-corrected chi connectivity index (χ3v) is 5.03. The van der Waals surface area contributed by atoms with Crippen LogP contribution in [0.2, 0.25) is 0 Å². The second-order valence-electron chi connectivity index (χ2n) is 6.34. The third kappa shape index (κ3) is 3.01. The maximum Gasteiger partial charge on any atom is 0.210 e. The van der Waals surface area contributed by atoms with Crippen LogP contribution in [-0.4, -0.2) is 22.2 Å². The summed E-state index contributed by atoms with van der Waals surface area (Å²) >= 11 is -1.54. The van der Waals surface area contributed by atoms with Crippen LogP contribution in [0, 0.1) is 17.5 Å². The van der Waals surface area contributed by atoms with E-state index in [-0.39, 0.29) is 21.8 Å². The summed E-state index contributed by atoms with van der Waals surface area (Å²) in [5.41, 5.74) is -2.02. The van der Waals surface area contributed by atoms with Crippen molar-refractivity contribution in [1.29, 1.82) is 0 Å². The van der Waals surface area contributed by atoms with Gasteiger partial charge in [-0.25, -0.2) is 13.2 Å².